The number of carbonyl (C=O) groups is 1. The van der Waals surface area contributed by atoms with Gasteiger partial charge in [-0.25, -0.2) is 4.90 Å². The fraction of sp³-hybridized carbons (Fsp3) is 0.308. The quantitative estimate of drug-likeness (QED) is 0.413. The summed E-state index contributed by atoms with van der Waals surface area (Å²) in [6.07, 6.45) is 0. The minimum atomic E-state index is -1.45. The molecular weight excluding hydrogens is 214 g/mol. The van der Waals surface area contributed by atoms with Crippen molar-refractivity contribution in [3.05, 3.63) is 30.3 Å². The Labute approximate surface area is 98.3 Å². The van der Waals surface area contributed by atoms with E-state index in [2.05, 4.69) is 31.2 Å². The van der Waals surface area contributed by atoms with Crippen molar-refractivity contribution in [2.75, 3.05) is 4.90 Å². The Hall–Kier alpha value is -1.53. The van der Waals surface area contributed by atoms with E-state index in [1.165, 1.54) is 11.8 Å². The fourth-order valence-corrected chi connectivity index (χ4v) is 1.57. The molecule has 16 heavy (non-hydrogen) atoms. The maximum Gasteiger partial charge on any atom is 0.235 e. The van der Waals surface area contributed by atoms with E-state index in [0.29, 0.717) is 0 Å². The molecule has 0 bridgehead atoms. The van der Waals surface area contributed by atoms with E-state index in [9.17, 15) is 4.79 Å². The average Bonchev–Trinajstić information content (AvgIpc) is 2.17. The van der Waals surface area contributed by atoms with E-state index in [1.807, 2.05) is 30.3 Å². The van der Waals surface area contributed by atoms with E-state index in [-0.39, 0.29) is 5.91 Å². The van der Waals surface area contributed by atoms with Gasteiger partial charge in [-0.1, -0.05) is 37.8 Å². The van der Waals surface area contributed by atoms with Gasteiger partial charge in [0.25, 0.3) is 0 Å². The van der Waals surface area contributed by atoms with Gasteiger partial charge in [0.15, 0.2) is 0 Å². The van der Waals surface area contributed by atoms with Crippen LogP contribution in [0, 0.1) is 11.6 Å². The van der Waals surface area contributed by atoms with Gasteiger partial charge < -0.3 is 0 Å². The SMILES string of the molecule is CC(=O)N(C#C[Si](C)(C)C)c1ccccc1. The molecule has 0 saturated carbocycles. The van der Waals surface area contributed by atoms with Crippen molar-refractivity contribution < 1.29 is 4.79 Å². The van der Waals surface area contributed by atoms with Crippen molar-refractivity contribution in [1.82, 2.24) is 0 Å². The highest BCUT2D eigenvalue weighted by Crippen LogP contribution is 2.12. The summed E-state index contributed by atoms with van der Waals surface area (Å²) in [5.41, 5.74) is 4.03. The third kappa shape index (κ3) is 3.91. The number of anilines is 1. The lowest BCUT2D eigenvalue weighted by Crippen LogP contribution is -2.25. The van der Waals surface area contributed by atoms with E-state index in [4.69, 9.17) is 0 Å². The van der Waals surface area contributed by atoms with Crippen molar-refractivity contribution in [3.63, 3.8) is 0 Å². The summed E-state index contributed by atoms with van der Waals surface area (Å²) < 4.78 is 0. The molecule has 0 atom stereocenters. The fourth-order valence-electron chi connectivity index (χ4n) is 1.13. The van der Waals surface area contributed by atoms with Gasteiger partial charge in [0, 0.05) is 13.0 Å². The lowest BCUT2D eigenvalue weighted by molar-refractivity contribution is -0.115. The van der Waals surface area contributed by atoms with Crippen LogP contribution in [0.4, 0.5) is 5.69 Å². The summed E-state index contributed by atoms with van der Waals surface area (Å²) in [5, 5.41) is 0. The van der Waals surface area contributed by atoms with Crippen molar-refractivity contribution >= 4 is 19.7 Å². The molecule has 0 aliphatic heterocycles. The number of rotatable bonds is 1. The zero-order valence-electron chi connectivity index (χ0n) is 10.2. The molecule has 0 saturated heterocycles. The molecule has 0 aliphatic rings. The molecule has 1 aromatic rings. The zero-order chi connectivity index (χ0) is 12.2. The lowest BCUT2D eigenvalue weighted by Gasteiger charge is -2.14. The van der Waals surface area contributed by atoms with Gasteiger partial charge in [0.1, 0.15) is 8.07 Å². The van der Waals surface area contributed by atoms with Crippen LogP contribution in [-0.2, 0) is 4.79 Å². The van der Waals surface area contributed by atoms with Crippen LogP contribution in [0.5, 0.6) is 0 Å². The zero-order valence-corrected chi connectivity index (χ0v) is 11.2. The van der Waals surface area contributed by atoms with Crippen LogP contribution in [0.2, 0.25) is 19.6 Å². The number of benzene rings is 1. The third-order valence-electron chi connectivity index (χ3n) is 1.87. The van der Waals surface area contributed by atoms with E-state index < -0.39 is 8.07 Å². The van der Waals surface area contributed by atoms with E-state index in [1.54, 1.807) is 0 Å². The molecule has 0 aliphatic carbocycles. The summed E-state index contributed by atoms with van der Waals surface area (Å²) in [6.45, 7) is 8.00. The van der Waals surface area contributed by atoms with Crippen LogP contribution < -0.4 is 4.90 Å². The number of carbonyl (C=O) groups excluding carboxylic acids is 1. The molecule has 2 nitrogen and oxygen atoms in total. The topological polar surface area (TPSA) is 20.3 Å². The second-order valence-electron chi connectivity index (χ2n) is 4.68. The smallest absolute Gasteiger partial charge is 0.235 e. The van der Waals surface area contributed by atoms with Crippen LogP contribution >= 0.6 is 0 Å². The molecule has 0 fully saturated rings. The Morgan fingerprint density at radius 2 is 1.75 bits per heavy atom. The number of amides is 1. The molecule has 0 N–H and O–H groups in total. The van der Waals surface area contributed by atoms with E-state index in [0.717, 1.165) is 5.69 Å². The number of nitrogens with zero attached hydrogens (tertiary/aromatic N) is 1. The van der Waals surface area contributed by atoms with Gasteiger partial charge in [-0.3, -0.25) is 4.79 Å². The van der Waals surface area contributed by atoms with Crippen LogP contribution in [0.25, 0.3) is 0 Å². The molecule has 0 aromatic heterocycles. The summed E-state index contributed by atoms with van der Waals surface area (Å²) >= 11 is 0. The Kier molecular flexibility index (Phi) is 3.91. The van der Waals surface area contributed by atoms with Gasteiger partial charge in [-0.15, -0.1) is 5.54 Å². The van der Waals surface area contributed by atoms with Crippen molar-refractivity contribution in [2.45, 2.75) is 26.6 Å². The highest BCUT2D eigenvalue weighted by Gasteiger charge is 2.11. The first-order valence-electron chi connectivity index (χ1n) is 5.29. The molecule has 1 aromatic carbocycles. The lowest BCUT2D eigenvalue weighted by atomic mass is 10.3. The van der Waals surface area contributed by atoms with Gasteiger partial charge in [-0.2, -0.15) is 0 Å². The maximum atomic E-state index is 11.5. The Morgan fingerprint density at radius 1 is 1.19 bits per heavy atom. The average molecular weight is 231 g/mol. The molecule has 1 amide bonds. The Morgan fingerprint density at radius 3 is 2.19 bits per heavy atom. The summed E-state index contributed by atoms with van der Waals surface area (Å²) in [7, 11) is -1.45. The monoisotopic (exact) mass is 231 g/mol. The van der Waals surface area contributed by atoms with Crippen LogP contribution in [-0.4, -0.2) is 14.0 Å². The number of para-hydroxylation sites is 1. The molecule has 3 heteroatoms. The van der Waals surface area contributed by atoms with E-state index >= 15 is 0 Å². The van der Waals surface area contributed by atoms with Gasteiger partial charge in [-0.05, 0) is 12.1 Å². The maximum absolute atomic E-state index is 11.5. The van der Waals surface area contributed by atoms with Crippen molar-refractivity contribution in [2.24, 2.45) is 0 Å². The molecule has 1 rings (SSSR count). The highest BCUT2D eigenvalue weighted by molar-refractivity contribution is 6.83. The second-order valence-corrected chi connectivity index (χ2v) is 9.43. The summed E-state index contributed by atoms with van der Waals surface area (Å²) in [6, 6.07) is 12.5. The normalized spacial score (nSPS) is 10.2. The van der Waals surface area contributed by atoms with Crippen molar-refractivity contribution in [1.29, 1.82) is 0 Å². The minimum Gasteiger partial charge on any atom is -0.274 e. The summed E-state index contributed by atoms with van der Waals surface area (Å²) in [5.74, 6) is -0.0445. The highest BCUT2D eigenvalue weighted by atomic mass is 28.3. The van der Waals surface area contributed by atoms with Gasteiger partial charge in [0.05, 0.1) is 5.69 Å². The Bertz CT molecular complexity index is 423. The molecule has 0 spiro atoms. The molecule has 0 radical (unpaired) electrons. The Balaban J connectivity index is 3.02. The van der Waals surface area contributed by atoms with Gasteiger partial charge in [0.2, 0.25) is 5.91 Å². The predicted molar refractivity (Wildman–Crippen MR) is 70.7 cm³/mol. The van der Waals surface area contributed by atoms with Crippen LogP contribution in [0.1, 0.15) is 6.92 Å². The molecule has 0 unspecified atom stereocenters. The molecule has 84 valence electrons. The van der Waals surface area contributed by atoms with Crippen LogP contribution in [0.3, 0.4) is 0 Å². The molecular formula is C13H17NOSi. The number of hydrogen-bond acceptors (Lipinski definition) is 1. The summed E-state index contributed by atoms with van der Waals surface area (Å²) in [4.78, 5) is 13.0. The predicted octanol–water partition coefficient (Wildman–Crippen LogP) is 2.88. The number of hydrogen-bond donors (Lipinski definition) is 0. The standard InChI is InChI=1S/C13H17NOSi/c1-12(15)14(10-11-16(2,3)4)13-8-6-5-7-9-13/h5-9H,1-4H3. The van der Waals surface area contributed by atoms with Gasteiger partial charge >= 0.3 is 0 Å². The largest absolute Gasteiger partial charge is 0.274 e. The third-order valence-corrected chi connectivity index (χ3v) is 2.73. The first-order chi connectivity index (χ1) is 7.40. The molecule has 0 heterocycles. The van der Waals surface area contributed by atoms with Crippen LogP contribution in [0.15, 0.2) is 30.3 Å². The first-order valence-corrected chi connectivity index (χ1v) is 8.79. The minimum absolute atomic E-state index is 0.0445. The first kappa shape index (κ1) is 12.5. The van der Waals surface area contributed by atoms with Crippen molar-refractivity contribution in [3.8, 4) is 11.6 Å². The second kappa shape index (κ2) is 5.00.